The van der Waals surface area contributed by atoms with E-state index in [9.17, 15) is 12.9 Å². The first-order valence-corrected chi connectivity index (χ1v) is 3.97. The largest absolute Gasteiger partial charge is 0.502 e. The van der Waals surface area contributed by atoms with Crippen LogP contribution in [0, 0.1) is 12.3 Å². The minimum Gasteiger partial charge on any atom is -0.445 e. The van der Waals surface area contributed by atoms with Gasteiger partial charge < -0.3 is 12.9 Å². The van der Waals surface area contributed by atoms with E-state index in [0.717, 1.165) is 6.08 Å². The van der Waals surface area contributed by atoms with E-state index in [2.05, 4.69) is 5.92 Å². The Morgan fingerprint density at radius 3 is 2.57 bits per heavy atom. The van der Waals surface area contributed by atoms with Crippen molar-refractivity contribution in [1.82, 2.24) is 0 Å². The third-order valence-electron chi connectivity index (χ3n) is 1.56. The molecule has 0 aromatic heterocycles. The molecule has 0 atom stereocenters. The van der Waals surface area contributed by atoms with Crippen LogP contribution in [0.1, 0.15) is 11.1 Å². The molecular formula is C10H7BF3-. The summed E-state index contributed by atoms with van der Waals surface area (Å²) in [6, 6.07) is 6.38. The molecule has 0 amide bonds. The molecule has 0 bridgehead atoms. The highest BCUT2D eigenvalue weighted by Gasteiger charge is 2.16. The van der Waals surface area contributed by atoms with Gasteiger partial charge in [-0.25, -0.2) is 0 Å². The second-order valence-corrected chi connectivity index (χ2v) is 2.75. The van der Waals surface area contributed by atoms with Crippen molar-refractivity contribution in [1.29, 1.82) is 0 Å². The Balaban J connectivity index is 2.89. The highest BCUT2D eigenvalue weighted by Crippen LogP contribution is 2.13. The van der Waals surface area contributed by atoms with Crippen LogP contribution in [0.25, 0.3) is 6.08 Å². The van der Waals surface area contributed by atoms with Crippen molar-refractivity contribution in [2.45, 2.75) is 0 Å². The van der Waals surface area contributed by atoms with Crippen LogP contribution in [-0.2, 0) is 0 Å². The SMILES string of the molecule is C#Cc1cccc(/C=C/[B-](F)(F)F)c1. The van der Waals surface area contributed by atoms with Crippen molar-refractivity contribution in [3.63, 3.8) is 0 Å². The molecule has 0 aliphatic carbocycles. The number of halogens is 3. The fourth-order valence-corrected chi connectivity index (χ4v) is 0.952. The second kappa shape index (κ2) is 4.06. The summed E-state index contributed by atoms with van der Waals surface area (Å²) in [6.07, 6.45) is 6.12. The topological polar surface area (TPSA) is 0 Å². The van der Waals surface area contributed by atoms with E-state index in [1.165, 1.54) is 6.07 Å². The van der Waals surface area contributed by atoms with Crippen molar-refractivity contribution in [3.8, 4) is 12.3 Å². The second-order valence-electron chi connectivity index (χ2n) is 2.75. The van der Waals surface area contributed by atoms with Gasteiger partial charge in [-0.2, -0.15) is 0 Å². The molecule has 0 aliphatic heterocycles. The van der Waals surface area contributed by atoms with Crippen molar-refractivity contribution in [3.05, 3.63) is 41.4 Å². The van der Waals surface area contributed by atoms with E-state index in [4.69, 9.17) is 6.42 Å². The molecule has 0 saturated heterocycles. The van der Waals surface area contributed by atoms with E-state index in [0.29, 0.717) is 11.1 Å². The summed E-state index contributed by atoms with van der Waals surface area (Å²) in [6.45, 7) is -4.88. The lowest BCUT2D eigenvalue weighted by Crippen LogP contribution is -2.09. The number of benzene rings is 1. The molecule has 72 valence electrons. The highest BCUT2D eigenvalue weighted by atomic mass is 19.4. The van der Waals surface area contributed by atoms with Gasteiger partial charge >= 0.3 is 6.98 Å². The lowest BCUT2D eigenvalue weighted by Gasteiger charge is -2.06. The lowest BCUT2D eigenvalue weighted by atomic mass is 9.90. The van der Waals surface area contributed by atoms with E-state index < -0.39 is 6.98 Å². The Labute approximate surface area is 80.5 Å². The van der Waals surface area contributed by atoms with Crippen molar-refractivity contribution in [2.75, 3.05) is 0 Å². The molecule has 0 N–H and O–H groups in total. The number of hydrogen-bond donors (Lipinski definition) is 0. The van der Waals surface area contributed by atoms with E-state index >= 15 is 0 Å². The summed E-state index contributed by atoms with van der Waals surface area (Å²) in [5.41, 5.74) is 1.03. The first-order valence-electron chi connectivity index (χ1n) is 3.97. The molecule has 1 aromatic rings. The van der Waals surface area contributed by atoms with Crippen molar-refractivity contribution < 1.29 is 12.9 Å². The van der Waals surface area contributed by atoms with E-state index in [-0.39, 0.29) is 5.98 Å². The van der Waals surface area contributed by atoms with Gasteiger partial charge in [0.15, 0.2) is 0 Å². The highest BCUT2D eigenvalue weighted by molar-refractivity contribution is 6.64. The Kier molecular flexibility index (Phi) is 3.03. The summed E-state index contributed by atoms with van der Waals surface area (Å²) < 4.78 is 35.6. The average molecular weight is 195 g/mol. The Bertz CT molecular complexity index is 385. The lowest BCUT2D eigenvalue weighted by molar-refractivity contribution is 0.499. The fraction of sp³-hybridized carbons (Fsp3) is 0. The monoisotopic (exact) mass is 195 g/mol. The van der Waals surface area contributed by atoms with Crippen LogP contribution < -0.4 is 0 Å². The molecule has 0 heterocycles. The molecule has 0 fully saturated rings. The molecule has 0 saturated carbocycles. The first-order chi connectivity index (χ1) is 6.51. The average Bonchev–Trinajstić information content (AvgIpc) is 2.14. The summed E-state index contributed by atoms with van der Waals surface area (Å²) in [5.74, 6) is 2.60. The molecule has 0 nitrogen and oxygen atoms in total. The van der Waals surface area contributed by atoms with Crippen LogP contribution >= 0.6 is 0 Å². The van der Waals surface area contributed by atoms with Gasteiger partial charge in [0.1, 0.15) is 0 Å². The minimum absolute atomic E-state index is 0.246. The standard InChI is InChI=1S/C10H7BF3/c1-2-9-4-3-5-10(8-9)6-7-11(12,13)14/h1,3-8H/q-1/b7-6+. The molecule has 0 aliphatic rings. The van der Waals surface area contributed by atoms with Gasteiger partial charge in [0.05, 0.1) is 0 Å². The predicted octanol–water partition coefficient (Wildman–Crippen LogP) is 3.07. The normalized spacial score (nSPS) is 11.6. The number of rotatable bonds is 2. The van der Waals surface area contributed by atoms with Gasteiger partial charge in [0.2, 0.25) is 0 Å². The molecule has 1 rings (SSSR count). The molecule has 1 aromatic carbocycles. The molecular weight excluding hydrogens is 188 g/mol. The fourth-order valence-electron chi connectivity index (χ4n) is 0.952. The zero-order valence-electron chi connectivity index (χ0n) is 7.25. The maximum absolute atomic E-state index is 11.9. The van der Waals surface area contributed by atoms with Gasteiger partial charge in [-0.3, -0.25) is 0 Å². The van der Waals surface area contributed by atoms with Gasteiger partial charge in [0.25, 0.3) is 0 Å². The maximum Gasteiger partial charge on any atom is 0.502 e. The number of terminal acetylenes is 1. The Morgan fingerprint density at radius 1 is 1.29 bits per heavy atom. The smallest absolute Gasteiger partial charge is 0.445 e. The Hall–Kier alpha value is -1.63. The first kappa shape index (κ1) is 10.5. The van der Waals surface area contributed by atoms with Gasteiger partial charge in [-0.05, 0) is 17.7 Å². The molecule has 4 heteroatoms. The van der Waals surface area contributed by atoms with Crippen LogP contribution in [0.15, 0.2) is 30.2 Å². The molecule has 0 unspecified atom stereocenters. The Morgan fingerprint density at radius 2 is 2.00 bits per heavy atom. The molecule has 0 radical (unpaired) electrons. The predicted molar refractivity (Wildman–Crippen MR) is 52.5 cm³/mol. The van der Waals surface area contributed by atoms with Crippen molar-refractivity contribution >= 4 is 13.1 Å². The zero-order valence-corrected chi connectivity index (χ0v) is 7.25. The van der Waals surface area contributed by atoms with Crippen molar-refractivity contribution in [2.24, 2.45) is 0 Å². The van der Waals surface area contributed by atoms with Crippen LogP contribution in [0.3, 0.4) is 0 Å². The van der Waals surface area contributed by atoms with Crippen LogP contribution in [0.5, 0.6) is 0 Å². The third-order valence-corrected chi connectivity index (χ3v) is 1.56. The van der Waals surface area contributed by atoms with Crippen LogP contribution in [0.2, 0.25) is 0 Å². The minimum atomic E-state index is -4.88. The van der Waals surface area contributed by atoms with E-state index in [1.54, 1.807) is 18.2 Å². The van der Waals surface area contributed by atoms with Crippen LogP contribution in [0.4, 0.5) is 12.9 Å². The number of hydrogen-bond acceptors (Lipinski definition) is 0. The van der Waals surface area contributed by atoms with E-state index in [1.807, 2.05) is 0 Å². The van der Waals surface area contributed by atoms with Gasteiger partial charge in [0, 0.05) is 5.56 Å². The third kappa shape index (κ3) is 3.40. The van der Waals surface area contributed by atoms with Gasteiger partial charge in [-0.15, -0.1) is 12.4 Å². The van der Waals surface area contributed by atoms with Gasteiger partial charge in [-0.1, -0.05) is 24.1 Å². The summed E-state index contributed by atoms with van der Waals surface area (Å²) >= 11 is 0. The van der Waals surface area contributed by atoms with Crippen LogP contribution in [-0.4, -0.2) is 6.98 Å². The zero-order chi connectivity index (χ0) is 10.6. The molecule has 0 spiro atoms. The summed E-state index contributed by atoms with van der Waals surface area (Å²) in [5, 5.41) is 0. The summed E-state index contributed by atoms with van der Waals surface area (Å²) in [7, 11) is 0. The quantitative estimate of drug-likeness (QED) is 0.502. The maximum atomic E-state index is 11.9. The molecule has 14 heavy (non-hydrogen) atoms. The summed E-state index contributed by atoms with van der Waals surface area (Å²) in [4.78, 5) is 0.